The first kappa shape index (κ1) is 26.9. The van der Waals surface area contributed by atoms with Crippen LogP contribution >= 0.6 is 0 Å². The van der Waals surface area contributed by atoms with Crippen molar-refractivity contribution in [3.8, 4) is 33.8 Å². The summed E-state index contributed by atoms with van der Waals surface area (Å²) in [6.07, 6.45) is 11.2. The number of ether oxygens (including phenoxy) is 2. The zero-order valence-electron chi connectivity index (χ0n) is 21.9. The summed E-state index contributed by atoms with van der Waals surface area (Å²) >= 11 is 0. The highest BCUT2D eigenvalue weighted by Crippen LogP contribution is 2.33. The van der Waals surface area contributed by atoms with Crippen LogP contribution in [0.2, 0.25) is 0 Å². The normalized spacial score (nSPS) is 17.4. The summed E-state index contributed by atoms with van der Waals surface area (Å²) < 4.78 is 40.7. The fourth-order valence-electron chi connectivity index (χ4n) is 5.03. The average molecular weight is 505 g/mol. The Balaban J connectivity index is 1.32. The molecule has 0 spiro atoms. The Kier molecular flexibility index (Phi) is 9.76. The van der Waals surface area contributed by atoms with E-state index >= 15 is 0 Å². The van der Waals surface area contributed by atoms with Crippen molar-refractivity contribution >= 4 is 0 Å². The van der Waals surface area contributed by atoms with E-state index in [0.717, 1.165) is 48.7 Å². The molecular formula is C33H38F2O2. The zero-order valence-corrected chi connectivity index (χ0v) is 21.9. The molecule has 1 fully saturated rings. The number of allylic oxidation sites excluding steroid dienone is 1. The van der Waals surface area contributed by atoms with Gasteiger partial charge in [-0.3, -0.25) is 0 Å². The second kappa shape index (κ2) is 13.4. The van der Waals surface area contributed by atoms with Gasteiger partial charge in [0.15, 0.2) is 11.6 Å². The van der Waals surface area contributed by atoms with Gasteiger partial charge in [-0.15, -0.1) is 6.58 Å². The van der Waals surface area contributed by atoms with Gasteiger partial charge in [0.1, 0.15) is 5.75 Å². The lowest BCUT2D eigenvalue weighted by Crippen LogP contribution is -2.20. The van der Waals surface area contributed by atoms with Crippen LogP contribution in [0.25, 0.3) is 22.3 Å². The van der Waals surface area contributed by atoms with Gasteiger partial charge >= 0.3 is 0 Å². The quantitative estimate of drug-likeness (QED) is 0.181. The van der Waals surface area contributed by atoms with E-state index in [-0.39, 0.29) is 11.3 Å². The van der Waals surface area contributed by atoms with E-state index in [1.54, 1.807) is 6.07 Å². The predicted molar refractivity (Wildman–Crippen MR) is 148 cm³/mol. The average Bonchev–Trinajstić information content (AvgIpc) is 2.94. The van der Waals surface area contributed by atoms with Gasteiger partial charge in [-0.2, -0.15) is 4.39 Å². The second-order valence-electron chi connectivity index (χ2n) is 10.1. The molecule has 0 saturated heterocycles. The number of benzene rings is 3. The smallest absolute Gasteiger partial charge is 0.201 e. The minimum absolute atomic E-state index is 0.0372. The molecule has 0 radical (unpaired) electrons. The molecule has 0 atom stereocenters. The monoisotopic (exact) mass is 504 g/mol. The molecule has 0 aromatic heterocycles. The van der Waals surface area contributed by atoms with E-state index in [1.165, 1.54) is 38.2 Å². The van der Waals surface area contributed by atoms with Crippen LogP contribution in [-0.2, 0) is 0 Å². The van der Waals surface area contributed by atoms with E-state index in [0.29, 0.717) is 18.1 Å². The van der Waals surface area contributed by atoms with Crippen molar-refractivity contribution in [3.63, 3.8) is 0 Å². The fourth-order valence-corrected chi connectivity index (χ4v) is 5.03. The fraction of sp³-hybridized carbons (Fsp3) is 0.394. The topological polar surface area (TPSA) is 18.5 Å². The van der Waals surface area contributed by atoms with Crippen molar-refractivity contribution in [3.05, 3.63) is 85.0 Å². The summed E-state index contributed by atoms with van der Waals surface area (Å²) in [6, 6.07) is 18.7. The lowest BCUT2D eigenvalue weighted by atomic mass is 9.80. The molecule has 0 heterocycles. The van der Waals surface area contributed by atoms with E-state index in [1.807, 2.05) is 61.5 Å². The Hall–Kier alpha value is -3.14. The Morgan fingerprint density at radius 1 is 0.784 bits per heavy atom. The van der Waals surface area contributed by atoms with E-state index in [2.05, 4.69) is 6.58 Å². The molecule has 4 rings (SSSR count). The number of hydrogen-bond donors (Lipinski definition) is 0. The zero-order chi connectivity index (χ0) is 26.0. The molecule has 0 unspecified atom stereocenters. The molecule has 2 nitrogen and oxygen atoms in total. The van der Waals surface area contributed by atoms with Gasteiger partial charge in [-0.25, -0.2) is 4.39 Å². The van der Waals surface area contributed by atoms with Crippen molar-refractivity contribution in [2.45, 2.75) is 58.3 Å². The SMILES string of the molecule is C=CCCC1CCC(COc2ccc(-c3ccc(-c4ccc(OCCCC)c(F)c4F)cc3)cc2)CC1. The van der Waals surface area contributed by atoms with Gasteiger partial charge in [0.2, 0.25) is 5.82 Å². The largest absolute Gasteiger partial charge is 0.493 e. The first-order valence-electron chi connectivity index (χ1n) is 13.6. The van der Waals surface area contributed by atoms with E-state index in [4.69, 9.17) is 9.47 Å². The minimum Gasteiger partial charge on any atom is -0.493 e. The molecule has 1 aliphatic carbocycles. The van der Waals surface area contributed by atoms with Gasteiger partial charge in [0.05, 0.1) is 13.2 Å². The highest BCUT2D eigenvalue weighted by molar-refractivity contribution is 5.71. The van der Waals surface area contributed by atoms with E-state index < -0.39 is 11.6 Å². The first-order chi connectivity index (χ1) is 18.1. The van der Waals surface area contributed by atoms with Crippen LogP contribution < -0.4 is 9.47 Å². The van der Waals surface area contributed by atoms with Gasteiger partial charge < -0.3 is 9.47 Å². The molecule has 0 bridgehead atoms. The maximum absolute atomic E-state index is 14.7. The third-order valence-corrected chi connectivity index (χ3v) is 7.42. The minimum atomic E-state index is -0.936. The summed E-state index contributed by atoms with van der Waals surface area (Å²) in [5.41, 5.74) is 2.91. The summed E-state index contributed by atoms with van der Waals surface area (Å²) in [6.45, 7) is 7.00. The van der Waals surface area contributed by atoms with Crippen molar-refractivity contribution in [2.24, 2.45) is 11.8 Å². The number of hydrogen-bond acceptors (Lipinski definition) is 2. The maximum Gasteiger partial charge on any atom is 0.201 e. The van der Waals surface area contributed by atoms with Crippen LogP contribution in [0.15, 0.2) is 73.3 Å². The standard InChI is InChI=1S/C33H38F2O2/c1-3-5-7-24-8-10-25(11-9-24)23-37-29-18-16-27(17-19-29)26-12-14-28(15-13-26)30-20-21-31(33(35)32(30)34)36-22-6-4-2/h3,12-21,24-25H,1,4-11,22-23H2,2H3. The number of unbranched alkanes of at least 4 members (excludes halogenated alkanes) is 1. The van der Waals surface area contributed by atoms with Crippen LogP contribution in [0, 0.1) is 23.5 Å². The van der Waals surface area contributed by atoms with Gasteiger partial charge in [-0.1, -0.05) is 68.7 Å². The molecule has 3 aromatic carbocycles. The third kappa shape index (κ3) is 7.21. The summed E-state index contributed by atoms with van der Waals surface area (Å²) in [5, 5.41) is 0. The second-order valence-corrected chi connectivity index (χ2v) is 10.1. The van der Waals surface area contributed by atoms with Crippen LogP contribution in [0.3, 0.4) is 0 Å². The molecule has 4 heteroatoms. The van der Waals surface area contributed by atoms with Crippen molar-refractivity contribution in [2.75, 3.05) is 13.2 Å². The summed E-state index contributed by atoms with van der Waals surface area (Å²) in [5.74, 6) is 0.508. The highest BCUT2D eigenvalue weighted by atomic mass is 19.2. The Morgan fingerprint density at radius 2 is 1.41 bits per heavy atom. The highest BCUT2D eigenvalue weighted by Gasteiger charge is 2.21. The molecule has 1 saturated carbocycles. The Labute approximate surface area is 220 Å². The summed E-state index contributed by atoms with van der Waals surface area (Å²) in [7, 11) is 0. The van der Waals surface area contributed by atoms with Crippen molar-refractivity contribution in [1.82, 2.24) is 0 Å². The van der Waals surface area contributed by atoms with Crippen LogP contribution in [-0.4, -0.2) is 13.2 Å². The Morgan fingerprint density at radius 3 is 2.05 bits per heavy atom. The van der Waals surface area contributed by atoms with Crippen LogP contribution in [0.1, 0.15) is 58.3 Å². The molecule has 37 heavy (non-hydrogen) atoms. The van der Waals surface area contributed by atoms with E-state index in [9.17, 15) is 8.78 Å². The maximum atomic E-state index is 14.7. The Bertz CT molecular complexity index is 1130. The van der Waals surface area contributed by atoms with Gasteiger partial charge in [0, 0.05) is 5.56 Å². The lowest BCUT2D eigenvalue weighted by Gasteiger charge is -2.28. The third-order valence-electron chi connectivity index (χ3n) is 7.42. The molecule has 3 aromatic rings. The van der Waals surface area contributed by atoms with Crippen molar-refractivity contribution < 1.29 is 18.3 Å². The summed E-state index contributed by atoms with van der Waals surface area (Å²) in [4.78, 5) is 0. The van der Waals surface area contributed by atoms with Crippen molar-refractivity contribution in [1.29, 1.82) is 0 Å². The molecule has 0 aliphatic heterocycles. The van der Waals surface area contributed by atoms with Crippen LogP contribution in [0.5, 0.6) is 11.5 Å². The van der Waals surface area contributed by atoms with Crippen LogP contribution in [0.4, 0.5) is 8.78 Å². The predicted octanol–water partition coefficient (Wildman–Crippen LogP) is 9.63. The lowest BCUT2D eigenvalue weighted by molar-refractivity contribution is 0.179. The molecular weight excluding hydrogens is 466 g/mol. The molecule has 196 valence electrons. The van der Waals surface area contributed by atoms with Gasteiger partial charge in [0.25, 0.3) is 0 Å². The first-order valence-corrected chi connectivity index (χ1v) is 13.6. The van der Waals surface area contributed by atoms with Gasteiger partial charge in [-0.05, 0) is 84.9 Å². The molecule has 0 N–H and O–H groups in total. The molecule has 1 aliphatic rings. The molecule has 0 amide bonds. The number of halogens is 2. The number of rotatable bonds is 12.